The van der Waals surface area contributed by atoms with Gasteiger partial charge >= 0.3 is 5.97 Å². The molecule has 0 aliphatic heterocycles. The average molecular weight is 588 g/mol. The summed E-state index contributed by atoms with van der Waals surface area (Å²) in [5, 5.41) is 37.3. The third-order valence-electron chi connectivity index (χ3n) is 6.89. The molecule has 3 aromatic carbocycles. The first-order valence-electron chi connectivity index (χ1n) is 13.6. The van der Waals surface area contributed by atoms with Gasteiger partial charge in [0.05, 0.1) is 12.6 Å². The van der Waals surface area contributed by atoms with Crippen molar-refractivity contribution < 1.29 is 34.5 Å². The highest BCUT2D eigenvalue weighted by Gasteiger charge is 2.28. The number of phenolic OH excluding ortho intramolecular Hbond substituents is 2. The molecule has 0 saturated carbocycles. The van der Waals surface area contributed by atoms with E-state index in [1.54, 1.807) is 30.5 Å². The van der Waals surface area contributed by atoms with Crippen molar-refractivity contribution in [2.75, 3.05) is 6.54 Å². The van der Waals surface area contributed by atoms with Crippen molar-refractivity contribution in [1.82, 2.24) is 20.9 Å². The fourth-order valence-electron chi connectivity index (χ4n) is 4.59. The van der Waals surface area contributed by atoms with Crippen molar-refractivity contribution in [3.63, 3.8) is 0 Å². The van der Waals surface area contributed by atoms with Gasteiger partial charge in [0, 0.05) is 29.9 Å². The van der Waals surface area contributed by atoms with Gasteiger partial charge in [-0.25, -0.2) is 4.79 Å². The molecule has 43 heavy (non-hydrogen) atoms. The Morgan fingerprint density at radius 1 is 0.744 bits per heavy atom. The third kappa shape index (κ3) is 8.57. The first kappa shape index (κ1) is 30.6. The van der Waals surface area contributed by atoms with E-state index < -0.39 is 48.4 Å². The maximum atomic E-state index is 13.4. The number of aromatic amines is 1. The normalized spacial score (nSPS) is 13.0. The number of benzene rings is 3. The van der Waals surface area contributed by atoms with Crippen LogP contribution >= 0.6 is 0 Å². The Morgan fingerprint density at radius 2 is 1.35 bits per heavy atom. The Balaban J connectivity index is 1.41. The second-order valence-electron chi connectivity index (χ2n) is 10.1. The number of aromatic hydroxyl groups is 2. The quantitative estimate of drug-likeness (QED) is 0.113. The highest BCUT2D eigenvalue weighted by molar-refractivity contribution is 5.93. The molecule has 4 aromatic rings. The van der Waals surface area contributed by atoms with E-state index in [9.17, 15) is 34.5 Å². The third-order valence-corrected chi connectivity index (χ3v) is 6.89. The fourth-order valence-corrected chi connectivity index (χ4v) is 4.59. The zero-order chi connectivity index (χ0) is 30.9. The summed E-state index contributed by atoms with van der Waals surface area (Å²) < 4.78 is 0. The number of fused-ring (bicyclic) bond motifs is 1. The number of hydrogen-bond donors (Lipinski definition) is 8. The molecule has 0 saturated heterocycles. The molecule has 0 bridgehead atoms. The van der Waals surface area contributed by atoms with Crippen LogP contribution < -0.4 is 21.7 Å². The number of H-pyrrole nitrogens is 1. The molecule has 3 amide bonds. The van der Waals surface area contributed by atoms with Gasteiger partial charge in [0.15, 0.2) is 0 Å². The standard InChI is InChI=1S/C31H33N5O7/c32-24(13-18-5-9-21(37)10-6-18)29(40)34-17-28(39)35-26(14-19-7-11-22(38)12-8-19)30(41)36-27(31(42)43)15-20-16-33-25-4-2-1-3-23(20)25/h1-12,16,24,26-27,33,37-38H,13-15,17,32H2,(H,34,40)(H,35,39)(H,36,41)(H,42,43). The number of hydrogen-bond acceptors (Lipinski definition) is 7. The molecule has 9 N–H and O–H groups in total. The van der Waals surface area contributed by atoms with E-state index in [4.69, 9.17) is 5.73 Å². The Labute approximate surface area is 246 Å². The van der Waals surface area contributed by atoms with Gasteiger partial charge in [-0.2, -0.15) is 0 Å². The van der Waals surface area contributed by atoms with Crippen LogP contribution in [-0.2, 0) is 38.4 Å². The number of aliphatic carboxylic acids is 1. The van der Waals surface area contributed by atoms with Crippen molar-refractivity contribution in [3.8, 4) is 11.5 Å². The number of carbonyl (C=O) groups is 4. The van der Waals surface area contributed by atoms with Crippen LogP contribution in [0.15, 0.2) is 79.0 Å². The Morgan fingerprint density at radius 3 is 1.98 bits per heavy atom. The van der Waals surface area contributed by atoms with E-state index in [1.807, 2.05) is 24.3 Å². The maximum absolute atomic E-state index is 13.4. The topological polar surface area (TPSA) is 207 Å². The zero-order valence-electron chi connectivity index (χ0n) is 23.1. The van der Waals surface area contributed by atoms with Crippen LogP contribution in [0.3, 0.4) is 0 Å². The number of rotatable bonds is 13. The Kier molecular flexibility index (Phi) is 9.97. The van der Waals surface area contributed by atoms with Gasteiger partial charge in [-0.3, -0.25) is 14.4 Å². The van der Waals surface area contributed by atoms with Gasteiger partial charge in [-0.1, -0.05) is 42.5 Å². The lowest BCUT2D eigenvalue weighted by Gasteiger charge is -2.22. The maximum Gasteiger partial charge on any atom is 0.326 e. The number of amides is 3. The minimum absolute atomic E-state index is 0.0000599. The Bertz CT molecular complexity index is 1580. The first-order chi connectivity index (χ1) is 20.6. The van der Waals surface area contributed by atoms with Crippen LogP contribution in [-0.4, -0.2) is 68.7 Å². The molecular formula is C31H33N5O7. The molecule has 224 valence electrons. The molecule has 12 nitrogen and oxygen atoms in total. The molecule has 3 atom stereocenters. The van der Waals surface area contributed by atoms with Crippen molar-refractivity contribution in [2.24, 2.45) is 5.73 Å². The Hall–Kier alpha value is -5.36. The first-order valence-corrected chi connectivity index (χ1v) is 13.6. The molecule has 12 heteroatoms. The van der Waals surface area contributed by atoms with Crippen LogP contribution in [0.5, 0.6) is 11.5 Å². The minimum Gasteiger partial charge on any atom is -0.508 e. The van der Waals surface area contributed by atoms with E-state index in [-0.39, 0.29) is 30.8 Å². The van der Waals surface area contributed by atoms with Crippen LogP contribution in [0.2, 0.25) is 0 Å². The van der Waals surface area contributed by atoms with Crippen LogP contribution in [0.1, 0.15) is 16.7 Å². The summed E-state index contributed by atoms with van der Waals surface area (Å²) in [6.07, 6.45) is 1.86. The number of carboxylic acids is 1. The summed E-state index contributed by atoms with van der Waals surface area (Å²) >= 11 is 0. The second kappa shape index (κ2) is 14.0. The number of carbonyl (C=O) groups excluding carboxylic acids is 3. The SMILES string of the molecule is NC(Cc1ccc(O)cc1)C(=O)NCC(=O)NC(Cc1ccc(O)cc1)C(=O)NC(Cc1c[nH]c2ccccc12)C(=O)O. The van der Waals surface area contributed by atoms with E-state index in [0.717, 1.165) is 16.5 Å². The molecule has 0 aliphatic carbocycles. The van der Waals surface area contributed by atoms with Gasteiger partial charge in [0.25, 0.3) is 0 Å². The van der Waals surface area contributed by atoms with Crippen molar-refractivity contribution in [3.05, 3.63) is 95.7 Å². The van der Waals surface area contributed by atoms with Gasteiger partial charge in [-0.05, 0) is 53.4 Å². The summed E-state index contributed by atoms with van der Waals surface area (Å²) in [6.45, 7) is -0.473. The number of aromatic nitrogens is 1. The molecule has 0 radical (unpaired) electrons. The van der Waals surface area contributed by atoms with E-state index in [0.29, 0.717) is 11.1 Å². The molecule has 0 spiro atoms. The van der Waals surface area contributed by atoms with Gasteiger partial charge < -0.3 is 42.0 Å². The lowest BCUT2D eigenvalue weighted by atomic mass is 10.0. The molecule has 3 unspecified atom stereocenters. The van der Waals surface area contributed by atoms with E-state index in [1.165, 1.54) is 24.3 Å². The second-order valence-corrected chi connectivity index (χ2v) is 10.1. The predicted octanol–water partition coefficient (Wildman–Crippen LogP) is 1.10. The molecule has 1 heterocycles. The molecule has 4 rings (SSSR count). The number of para-hydroxylation sites is 1. The smallest absolute Gasteiger partial charge is 0.326 e. The summed E-state index contributed by atoms with van der Waals surface area (Å²) in [7, 11) is 0. The van der Waals surface area contributed by atoms with Gasteiger partial charge in [0.2, 0.25) is 17.7 Å². The van der Waals surface area contributed by atoms with Gasteiger partial charge in [-0.15, -0.1) is 0 Å². The van der Waals surface area contributed by atoms with Crippen molar-refractivity contribution >= 4 is 34.6 Å². The summed E-state index contributed by atoms with van der Waals surface area (Å²) in [4.78, 5) is 53.9. The summed E-state index contributed by atoms with van der Waals surface area (Å²) in [5.41, 5.74) is 8.81. The largest absolute Gasteiger partial charge is 0.508 e. The van der Waals surface area contributed by atoms with E-state index >= 15 is 0 Å². The highest BCUT2D eigenvalue weighted by atomic mass is 16.4. The number of phenols is 2. The lowest BCUT2D eigenvalue weighted by molar-refractivity contribution is -0.142. The van der Waals surface area contributed by atoms with E-state index in [2.05, 4.69) is 20.9 Å². The molecule has 0 aliphatic rings. The zero-order valence-corrected chi connectivity index (χ0v) is 23.1. The average Bonchev–Trinajstić information content (AvgIpc) is 3.40. The number of nitrogens with two attached hydrogens (primary N) is 1. The highest BCUT2D eigenvalue weighted by Crippen LogP contribution is 2.19. The van der Waals surface area contributed by atoms with Crippen molar-refractivity contribution in [2.45, 2.75) is 37.4 Å². The van der Waals surface area contributed by atoms with Crippen molar-refractivity contribution in [1.29, 1.82) is 0 Å². The molecule has 0 fully saturated rings. The minimum atomic E-state index is -1.29. The number of carboxylic acid groups (broad SMARTS) is 1. The lowest BCUT2D eigenvalue weighted by Crippen LogP contribution is -2.55. The fraction of sp³-hybridized carbons (Fsp3) is 0.226. The summed E-state index contributed by atoms with van der Waals surface area (Å²) in [5.74, 6) is -3.16. The predicted molar refractivity (Wildman–Crippen MR) is 158 cm³/mol. The molecular weight excluding hydrogens is 554 g/mol. The van der Waals surface area contributed by atoms with Crippen LogP contribution in [0.25, 0.3) is 10.9 Å². The number of nitrogens with one attached hydrogen (secondary N) is 4. The van der Waals surface area contributed by atoms with Crippen LogP contribution in [0, 0.1) is 0 Å². The van der Waals surface area contributed by atoms with Crippen LogP contribution in [0.4, 0.5) is 0 Å². The van der Waals surface area contributed by atoms with Gasteiger partial charge in [0.1, 0.15) is 23.6 Å². The summed E-state index contributed by atoms with van der Waals surface area (Å²) in [6, 6.07) is 16.2. The molecule has 1 aromatic heterocycles. The monoisotopic (exact) mass is 587 g/mol.